The number of benzene rings is 2. The van der Waals surface area contributed by atoms with Crippen molar-refractivity contribution in [1.29, 1.82) is 0 Å². The zero-order valence-corrected chi connectivity index (χ0v) is 14.8. The van der Waals surface area contributed by atoms with Crippen LogP contribution in [0.15, 0.2) is 48.5 Å². The third-order valence-electron chi connectivity index (χ3n) is 4.07. The van der Waals surface area contributed by atoms with Gasteiger partial charge in [-0.05, 0) is 43.2 Å². The summed E-state index contributed by atoms with van der Waals surface area (Å²) in [5, 5.41) is 2.93. The van der Waals surface area contributed by atoms with Crippen LogP contribution in [0.5, 0.6) is 17.2 Å². The minimum Gasteiger partial charge on any atom is -0.488 e. The van der Waals surface area contributed by atoms with Crippen LogP contribution in [0, 0.1) is 0 Å². The summed E-state index contributed by atoms with van der Waals surface area (Å²) < 4.78 is 11.8. The maximum atomic E-state index is 11.8. The molecule has 5 heteroatoms. The maximum absolute atomic E-state index is 11.8. The number of para-hydroxylation sites is 1. The SMILES string of the molecule is O=C(CCCCCl)NCC1Cc2cc(Oc3ccccc3)ccc2O1. The summed E-state index contributed by atoms with van der Waals surface area (Å²) in [6.07, 6.45) is 2.94. The number of rotatable bonds is 8. The van der Waals surface area contributed by atoms with Gasteiger partial charge >= 0.3 is 0 Å². The molecule has 2 aromatic carbocycles. The standard InChI is InChI=1S/C20H22ClNO3/c21-11-5-4-8-20(23)22-14-18-13-15-12-17(9-10-19(15)25-18)24-16-6-2-1-3-7-16/h1-3,6-7,9-10,12,18H,4-5,8,11,13-14H2,(H,22,23). The van der Waals surface area contributed by atoms with Crippen molar-refractivity contribution in [3.8, 4) is 17.2 Å². The normalized spacial score (nSPS) is 15.3. The second-order valence-electron chi connectivity index (χ2n) is 6.08. The predicted octanol–water partition coefficient (Wildman–Crippen LogP) is 4.31. The highest BCUT2D eigenvalue weighted by molar-refractivity contribution is 6.17. The van der Waals surface area contributed by atoms with Gasteiger partial charge < -0.3 is 14.8 Å². The lowest BCUT2D eigenvalue weighted by Crippen LogP contribution is -2.34. The maximum Gasteiger partial charge on any atom is 0.220 e. The Morgan fingerprint density at radius 3 is 2.80 bits per heavy atom. The summed E-state index contributed by atoms with van der Waals surface area (Å²) in [6.45, 7) is 0.517. The van der Waals surface area contributed by atoms with E-state index in [1.54, 1.807) is 0 Å². The Morgan fingerprint density at radius 2 is 2.00 bits per heavy atom. The van der Waals surface area contributed by atoms with Gasteiger partial charge in [-0.25, -0.2) is 0 Å². The first-order valence-electron chi connectivity index (χ1n) is 8.60. The van der Waals surface area contributed by atoms with Gasteiger partial charge in [0.15, 0.2) is 0 Å². The van der Waals surface area contributed by atoms with E-state index in [4.69, 9.17) is 21.1 Å². The molecule has 0 fully saturated rings. The Bertz CT molecular complexity index is 705. The van der Waals surface area contributed by atoms with E-state index in [0.29, 0.717) is 18.8 Å². The van der Waals surface area contributed by atoms with Crippen molar-refractivity contribution in [3.05, 3.63) is 54.1 Å². The molecule has 4 nitrogen and oxygen atoms in total. The van der Waals surface area contributed by atoms with Crippen LogP contribution in [0.2, 0.25) is 0 Å². The third kappa shape index (κ3) is 5.13. The van der Waals surface area contributed by atoms with Gasteiger partial charge in [0, 0.05) is 24.3 Å². The average Bonchev–Trinajstić information content (AvgIpc) is 3.03. The van der Waals surface area contributed by atoms with Crippen LogP contribution in [0.3, 0.4) is 0 Å². The van der Waals surface area contributed by atoms with Gasteiger partial charge in [0.25, 0.3) is 0 Å². The molecular formula is C20H22ClNO3. The van der Waals surface area contributed by atoms with Crippen molar-refractivity contribution >= 4 is 17.5 Å². The third-order valence-corrected chi connectivity index (χ3v) is 4.33. The summed E-state index contributed by atoms with van der Waals surface area (Å²) in [7, 11) is 0. The Balaban J connectivity index is 1.50. The Hall–Kier alpha value is -2.20. The second kappa shape index (κ2) is 8.77. The van der Waals surface area contributed by atoms with Gasteiger partial charge in [-0.1, -0.05) is 18.2 Å². The van der Waals surface area contributed by atoms with Crippen molar-refractivity contribution in [1.82, 2.24) is 5.32 Å². The molecule has 2 aromatic rings. The molecule has 0 aliphatic carbocycles. The van der Waals surface area contributed by atoms with Crippen molar-refractivity contribution in [3.63, 3.8) is 0 Å². The van der Waals surface area contributed by atoms with E-state index < -0.39 is 0 Å². The van der Waals surface area contributed by atoms with E-state index in [0.717, 1.165) is 42.1 Å². The van der Waals surface area contributed by atoms with Crippen molar-refractivity contribution in [2.75, 3.05) is 12.4 Å². The van der Waals surface area contributed by atoms with Crippen LogP contribution in [0.1, 0.15) is 24.8 Å². The largest absolute Gasteiger partial charge is 0.488 e. The molecule has 1 heterocycles. The first-order chi connectivity index (χ1) is 12.2. The van der Waals surface area contributed by atoms with Crippen LogP contribution in [0.25, 0.3) is 0 Å². The molecule has 0 bridgehead atoms. The lowest BCUT2D eigenvalue weighted by molar-refractivity contribution is -0.121. The first-order valence-corrected chi connectivity index (χ1v) is 9.13. The molecule has 1 aliphatic rings. The van der Waals surface area contributed by atoms with Gasteiger partial charge in [0.1, 0.15) is 23.4 Å². The first kappa shape index (κ1) is 17.6. The van der Waals surface area contributed by atoms with E-state index in [2.05, 4.69) is 5.32 Å². The quantitative estimate of drug-likeness (QED) is 0.564. The highest BCUT2D eigenvalue weighted by Crippen LogP contribution is 2.33. The predicted molar refractivity (Wildman–Crippen MR) is 98.7 cm³/mol. The van der Waals surface area contributed by atoms with Crippen molar-refractivity contribution < 1.29 is 14.3 Å². The minimum absolute atomic E-state index is 0.0287. The monoisotopic (exact) mass is 359 g/mol. The Morgan fingerprint density at radius 1 is 1.16 bits per heavy atom. The number of hydrogen-bond acceptors (Lipinski definition) is 3. The van der Waals surface area contributed by atoms with Crippen LogP contribution >= 0.6 is 11.6 Å². The van der Waals surface area contributed by atoms with E-state index in [1.807, 2.05) is 48.5 Å². The van der Waals surface area contributed by atoms with Gasteiger partial charge in [0.2, 0.25) is 5.91 Å². The Kier molecular flexibility index (Phi) is 6.18. The molecule has 1 unspecified atom stereocenters. The molecule has 0 saturated heterocycles. The van der Waals surface area contributed by atoms with E-state index >= 15 is 0 Å². The van der Waals surface area contributed by atoms with Crippen molar-refractivity contribution in [2.45, 2.75) is 31.8 Å². The highest BCUT2D eigenvalue weighted by Gasteiger charge is 2.23. The summed E-state index contributed by atoms with van der Waals surface area (Å²) in [5.74, 6) is 3.11. The lowest BCUT2D eigenvalue weighted by atomic mass is 10.1. The van der Waals surface area contributed by atoms with Crippen molar-refractivity contribution in [2.24, 2.45) is 0 Å². The fraction of sp³-hybridized carbons (Fsp3) is 0.350. The fourth-order valence-electron chi connectivity index (χ4n) is 2.79. The molecule has 0 saturated carbocycles. The van der Waals surface area contributed by atoms with Gasteiger partial charge in [-0.2, -0.15) is 0 Å². The molecular weight excluding hydrogens is 338 g/mol. The fourth-order valence-corrected chi connectivity index (χ4v) is 2.98. The molecule has 1 atom stereocenters. The molecule has 1 amide bonds. The highest BCUT2D eigenvalue weighted by atomic mass is 35.5. The minimum atomic E-state index is -0.0287. The zero-order chi connectivity index (χ0) is 17.5. The number of unbranched alkanes of at least 4 members (excludes halogenated alkanes) is 1. The van der Waals surface area contributed by atoms with Gasteiger partial charge in [-0.15, -0.1) is 11.6 Å². The lowest BCUT2D eigenvalue weighted by Gasteiger charge is -2.11. The average molecular weight is 360 g/mol. The zero-order valence-electron chi connectivity index (χ0n) is 14.0. The number of halogens is 1. The molecule has 0 radical (unpaired) electrons. The summed E-state index contributed by atoms with van der Waals surface area (Å²) >= 11 is 5.62. The molecule has 1 N–H and O–H groups in total. The number of nitrogens with one attached hydrogen (secondary N) is 1. The number of carbonyl (C=O) groups is 1. The summed E-state index contributed by atoms with van der Waals surface area (Å²) in [6, 6.07) is 15.5. The van der Waals surface area contributed by atoms with Crippen LogP contribution in [-0.4, -0.2) is 24.4 Å². The van der Waals surface area contributed by atoms with E-state index in [9.17, 15) is 4.79 Å². The molecule has 1 aliphatic heterocycles. The van der Waals surface area contributed by atoms with Crippen LogP contribution in [-0.2, 0) is 11.2 Å². The van der Waals surface area contributed by atoms with Crippen LogP contribution < -0.4 is 14.8 Å². The number of alkyl halides is 1. The summed E-state index contributed by atoms with van der Waals surface area (Å²) in [4.78, 5) is 11.8. The van der Waals surface area contributed by atoms with Gasteiger partial charge in [-0.3, -0.25) is 4.79 Å². The number of hydrogen-bond donors (Lipinski definition) is 1. The topological polar surface area (TPSA) is 47.6 Å². The molecule has 25 heavy (non-hydrogen) atoms. The van der Waals surface area contributed by atoms with E-state index in [1.165, 1.54) is 0 Å². The summed E-state index contributed by atoms with van der Waals surface area (Å²) in [5.41, 5.74) is 1.11. The number of amides is 1. The number of ether oxygens (including phenoxy) is 2. The number of carbonyl (C=O) groups excluding carboxylic acids is 1. The second-order valence-corrected chi connectivity index (χ2v) is 6.46. The molecule has 132 valence electrons. The van der Waals surface area contributed by atoms with Crippen LogP contribution in [0.4, 0.5) is 0 Å². The Labute approximate surface area is 153 Å². The number of fused-ring (bicyclic) bond motifs is 1. The van der Waals surface area contributed by atoms with E-state index in [-0.39, 0.29) is 12.0 Å². The molecule has 0 aromatic heterocycles. The smallest absolute Gasteiger partial charge is 0.220 e. The molecule has 0 spiro atoms. The molecule has 3 rings (SSSR count). The van der Waals surface area contributed by atoms with Gasteiger partial charge in [0.05, 0.1) is 6.54 Å².